The van der Waals surface area contributed by atoms with Crippen molar-refractivity contribution in [2.24, 2.45) is 0 Å². The Balaban J connectivity index is 1.25. The number of rotatable bonds is 10. The van der Waals surface area contributed by atoms with Crippen LogP contribution < -0.4 is 15.6 Å². The minimum absolute atomic E-state index is 0.183. The molecule has 0 saturated carbocycles. The number of pyridine rings is 1. The van der Waals surface area contributed by atoms with E-state index < -0.39 is 6.10 Å². The highest BCUT2D eigenvalue weighted by Crippen LogP contribution is 2.31. The van der Waals surface area contributed by atoms with Gasteiger partial charge in [-0.3, -0.25) is 9.69 Å². The van der Waals surface area contributed by atoms with Crippen molar-refractivity contribution in [3.05, 3.63) is 74.6 Å². The highest BCUT2D eigenvalue weighted by molar-refractivity contribution is 5.87. The van der Waals surface area contributed by atoms with Gasteiger partial charge in [0, 0.05) is 43.7 Å². The van der Waals surface area contributed by atoms with Crippen LogP contribution in [0.3, 0.4) is 0 Å². The summed E-state index contributed by atoms with van der Waals surface area (Å²) in [5, 5.41) is 15.6. The van der Waals surface area contributed by atoms with E-state index in [4.69, 9.17) is 9.47 Å². The van der Waals surface area contributed by atoms with Crippen molar-refractivity contribution < 1.29 is 14.6 Å². The lowest BCUT2D eigenvalue weighted by molar-refractivity contribution is 0.0323. The van der Waals surface area contributed by atoms with E-state index in [1.165, 1.54) is 28.3 Å². The first-order valence-electron chi connectivity index (χ1n) is 13.7. The molecule has 3 N–H and O–H groups in total. The maximum atomic E-state index is 12.1. The summed E-state index contributed by atoms with van der Waals surface area (Å²) in [6.07, 6.45) is 3.41. The number of nitrogens with zero attached hydrogens (tertiary/aromatic N) is 1. The highest BCUT2D eigenvalue weighted by Gasteiger charge is 2.24. The average Bonchev–Trinajstić information content (AvgIpc) is 3.33. The van der Waals surface area contributed by atoms with Crippen LogP contribution in [0.1, 0.15) is 47.8 Å². The van der Waals surface area contributed by atoms with Crippen molar-refractivity contribution in [3.63, 3.8) is 0 Å². The molecule has 0 radical (unpaired) electrons. The predicted octanol–water partition coefficient (Wildman–Crippen LogP) is 3.15. The second-order valence-corrected chi connectivity index (χ2v) is 10.2. The summed E-state index contributed by atoms with van der Waals surface area (Å²) < 4.78 is 11.5. The number of hydrogen-bond donors (Lipinski definition) is 3. The number of morpholine rings is 1. The summed E-state index contributed by atoms with van der Waals surface area (Å²) in [6, 6.07) is 12.2. The second-order valence-electron chi connectivity index (χ2n) is 10.2. The minimum Gasteiger partial charge on any atom is -0.490 e. The molecule has 1 saturated heterocycles. The van der Waals surface area contributed by atoms with E-state index in [0.29, 0.717) is 30.5 Å². The van der Waals surface area contributed by atoms with Gasteiger partial charge in [-0.05, 0) is 65.6 Å². The van der Waals surface area contributed by atoms with E-state index in [0.717, 1.165) is 69.5 Å². The quantitative estimate of drug-likeness (QED) is 0.393. The van der Waals surface area contributed by atoms with Crippen molar-refractivity contribution >= 4 is 10.9 Å². The van der Waals surface area contributed by atoms with Crippen LogP contribution in [-0.2, 0) is 30.4 Å². The fourth-order valence-electron chi connectivity index (χ4n) is 5.73. The van der Waals surface area contributed by atoms with E-state index in [2.05, 4.69) is 41.2 Å². The summed E-state index contributed by atoms with van der Waals surface area (Å²) in [7, 11) is 0. The summed E-state index contributed by atoms with van der Waals surface area (Å²) >= 11 is 0. The Hall–Kier alpha value is -2.71. The molecule has 7 heteroatoms. The third-order valence-corrected chi connectivity index (χ3v) is 7.83. The van der Waals surface area contributed by atoms with Gasteiger partial charge < -0.3 is 24.9 Å². The molecule has 5 rings (SSSR count). The fraction of sp³-hybridized carbons (Fsp3) is 0.500. The maximum Gasteiger partial charge on any atom is 0.248 e. The van der Waals surface area contributed by atoms with Crippen LogP contribution in [0, 0.1) is 0 Å². The Morgan fingerprint density at radius 1 is 1.08 bits per heavy atom. The number of aliphatic hydroxyl groups is 1. The third kappa shape index (κ3) is 5.91. The van der Waals surface area contributed by atoms with Crippen molar-refractivity contribution in [2.75, 3.05) is 46.0 Å². The molecule has 0 spiro atoms. The highest BCUT2D eigenvalue weighted by atomic mass is 16.5. The molecule has 7 nitrogen and oxygen atoms in total. The molecule has 1 aromatic heterocycles. The molecular weight excluding hydrogens is 466 g/mol. The summed E-state index contributed by atoms with van der Waals surface area (Å²) in [5.41, 5.74) is 7.02. The van der Waals surface area contributed by atoms with Gasteiger partial charge in [-0.25, -0.2) is 0 Å². The van der Waals surface area contributed by atoms with Gasteiger partial charge >= 0.3 is 0 Å². The number of aromatic amines is 1. The lowest BCUT2D eigenvalue weighted by Gasteiger charge is -2.26. The minimum atomic E-state index is -0.697. The number of benzene rings is 2. The number of aryl methyl sites for hydroxylation is 2. The number of fused-ring (bicyclic) bond motifs is 2. The number of aromatic nitrogens is 1. The lowest BCUT2D eigenvalue weighted by atomic mass is 9.97. The topological polar surface area (TPSA) is 86.8 Å². The normalized spacial score (nSPS) is 17.3. The van der Waals surface area contributed by atoms with E-state index >= 15 is 0 Å². The number of hydrogen-bond acceptors (Lipinski definition) is 6. The molecule has 2 heterocycles. The molecule has 198 valence electrons. The molecule has 1 unspecified atom stereocenters. The zero-order chi connectivity index (χ0) is 25.8. The third-order valence-electron chi connectivity index (χ3n) is 7.83. The van der Waals surface area contributed by atoms with Crippen LogP contribution in [0.15, 0.2) is 41.2 Å². The van der Waals surface area contributed by atoms with Crippen LogP contribution in [0.5, 0.6) is 5.75 Å². The van der Waals surface area contributed by atoms with Gasteiger partial charge in [-0.2, -0.15) is 0 Å². The van der Waals surface area contributed by atoms with Crippen molar-refractivity contribution in [2.45, 2.75) is 51.7 Å². The number of nitrogens with one attached hydrogen (secondary N) is 2. The van der Waals surface area contributed by atoms with Crippen molar-refractivity contribution in [1.82, 2.24) is 15.2 Å². The van der Waals surface area contributed by atoms with Crippen LogP contribution in [0.4, 0.5) is 0 Å². The summed E-state index contributed by atoms with van der Waals surface area (Å²) in [4.78, 5) is 17.4. The molecule has 0 bridgehead atoms. The van der Waals surface area contributed by atoms with Gasteiger partial charge in [0.25, 0.3) is 0 Å². The largest absolute Gasteiger partial charge is 0.490 e. The first-order valence-corrected chi connectivity index (χ1v) is 13.7. The lowest BCUT2D eigenvalue weighted by Crippen LogP contribution is -2.38. The Labute approximate surface area is 218 Å². The summed E-state index contributed by atoms with van der Waals surface area (Å²) in [6.45, 7) is 9.55. The smallest absolute Gasteiger partial charge is 0.248 e. The molecule has 37 heavy (non-hydrogen) atoms. The SMILES string of the molecule is CCc1cc2c(cc1CC)CC(NCC(O)c1ccc(OCCN3CCOCC3)c3[nH]c(=O)ccc13)C2. The molecule has 0 amide bonds. The zero-order valence-electron chi connectivity index (χ0n) is 22.0. The Bertz CT molecular complexity index is 1250. The molecule has 1 aliphatic carbocycles. The molecule has 3 aromatic rings. The second kappa shape index (κ2) is 11.8. The van der Waals surface area contributed by atoms with E-state index in [-0.39, 0.29) is 5.56 Å². The molecule has 1 aliphatic heterocycles. The molecule has 2 aromatic carbocycles. The fourth-order valence-corrected chi connectivity index (χ4v) is 5.73. The van der Waals surface area contributed by atoms with Gasteiger partial charge in [0.2, 0.25) is 5.56 Å². The van der Waals surface area contributed by atoms with Gasteiger partial charge in [0.15, 0.2) is 0 Å². The standard InChI is InChI=1S/C30H39N3O4/c1-3-20-15-22-17-24(18-23(22)16-21(20)4-2)31-19-27(34)25-5-7-28(30-26(25)6-8-29(35)32-30)37-14-11-33-9-12-36-13-10-33/h5-8,15-16,24,27,31,34H,3-4,9-14,17-19H2,1-2H3,(H,32,35). The number of H-pyrrole nitrogens is 1. The van der Waals surface area contributed by atoms with Crippen molar-refractivity contribution in [3.8, 4) is 5.75 Å². The van der Waals surface area contributed by atoms with Crippen LogP contribution in [-0.4, -0.2) is 67.0 Å². The van der Waals surface area contributed by atoms with Gasteiger partial charge in [0.1, 0.15) is 12.4 Å². The summed E-state index contributed by atoms with van der Waals surface area (Å²) in [5.74, 6) is 0.634. The number of aliphatic hydroxyl groups excluding tert-OH is 1. The Morgan fingerprint density at radius 3 is 2.46 bits per heavy atom. The van der Waals surface area contributed by atoms with Crippen LogP contribution >= 0.6 is 0 Å². The first kappa shape index (κ1) is 25.9. The van der Waals surface area contributed by atoms with Gasteiger partial charge in [-0.15, -0.1) is 0 Å². The van der Waals surface area contributed by atoms with E-state index in [1.54, 1.807) is 6.07 Å². The van der Waals surface area contributed by atoms with E-state index in [9.17, 15) is 9.90 Å². The Kier molecular flexibility index (Phi) is 8.25. The van der Waals surface area contributed by atoms with Crippen molar-refractivity contribution in [1.29, 1.82) is 0 Å². The Morgan fingerprint density at radius 2 is 1.78 bits per heavy atom. The maximum absolute atomic E-state index is 12.1. The van der Waals surface area contributed by atoms with Gasteiger partial charge in [0.05, 0.1) is 24.8 Å². The molecule has 1 fully saturated rings. The molecular formula is C30H39N3O4. The van der Waals surface area contributed by atoms with E-state index in [1.807, 2.05) is 12.1 Å². The predicted molar refractivity (Wildman–Crippen MR) is 147 cm³/mol. The molecule has 2 aliphatic rings. The van der Waals surface area contributed by atoms with Crippen LogP contribution in [0.25, 0.3) is 10.9 Å². The monoisotopic (exact) mass is 505 g/mol. The van der Waals surface area contributed by atoms with Gasteiger partial charge in [-0.1, -0.05) is 32.0 Å². The van der Waals surface area contributed by atoms with Crippen LogP contribution in [0.2, 0.25) is 0 Å². The first-order chi connectivity index (χ1) is 18.1. The molecule has 1 atom stereocenters. The number of ether oxygens (including phenoxy) is 2. The zero-order valence-corrected chi connectivity index (χ0v) is 22.0. The average molecular weight is 506 g/mol.